The van der Waals surface area contributed by atoms with Gasteiger partial charge in [0.05, 0.1) is 16.7 Å². The van der Waals surface area contributed by atoms with E-state index in [0.29, 0.717) is 0 Å². The van der Waals surface area contributed by atoms with E-state index in [9.17, 15) is 0 Å². The third-order valence-electron chi connectivity index (χ3n) is 11.9. The summed E-state index contributed by atoms with van der Waals surface area (Å²) in [5.74, 6) is 0. The number of benzene rings is 9. The molecule has 2 heterocycles. The standard InChI is InChI=1S/C53H37N/c1-53(2)48-19-7-8-20-51(48)54-50-26-25-44(40-17-9-15-38(29-40)42-23-21-34-11-3-5-13-36(34)27-42)31-46(50)47-32-45(33-49(53)52(47)54)41-18-10-16-39(30-41)43-24-22-35-12-4-6-14-37(35)28-43/h3-33H,1-2H3. The first kappa shape index (κ1) is 30.9. The van der Waals surface area contributed by atoms with Gasteiger partial charge in [-0.3, -0.25) is 0 Å². The molecule has 1 aliphatic rings. The minimum atomic E-state index is -0.178. The van der Waals surface area contributed by atoms with Gasteiger partial charge in [-0.1, -0.05) is 147 Å². The van der Waals surface area contributed by atoms with Crippen molar-refractivity contribution < 1.29 is 0 Å². The molecule has 0 spiro atoms. The van der Waals surface area contributed by atoms with E-state index in [1.54, 1.807) is 0 Å². The van der Waals surface area contributed by atoms with Crippen molar-refractivity contribution in [1.29, 1.82) is 0 Å². The molecule has 0 unspecified atom stereocenters. The van der Waals surface area contributed by atoms with Gasteiger partial charge in [0.1, 0.15) is 0 Å². The van der Waals surface area contributed by atoms with Crippen LogP contribution in [0.15, 0.2) is 188 Å². The highest BCUT2D eigenvalue weighted by molar-refractivity contribution is 6.14. The Hall–Kier alpha value is -6.70. The van der Waals surface area contributed by atoms with Gasteiger partial charge in [0, 0.05) is 16.2 Å². The molecular weight excluding hydrogens is 651 g/mol. The van der Waals surface area contributed by atoms with E-state index in [0.717, 1.165) is 0 Å². The zero-order chi connectivity index (χ0) is 36.0. The second kappa shape index (κ2) is 11.7. The molecule has 10 aromatic rings. The van der Waals surface area contributed by atoms with Crippen molar-refractivity contribution in [3.8, 4) is 50.2 Å². The lowest BCUT2D eigenvalue weighted by molar-refractivity contribution is 0.630. The van der Waals surface area contributed by atoms with E-state index >= 15 is 0 Å². The predicted molar refractivity (Wildman–Crippen MR) is 230 cm³/mol. The number of nitrogens with zero attached hydrogens (tertiary/aromatic N) is 1. The zero-order valence-electron chi connectivity index (χ0n) is 30.3. The van der Waals surface area contributed by atoms with Gasteiger partial charge in [-0.25, -0.2) is 0 Å². The molecule has 54 heavy (non-hydrogen) atoms. The first-order valence-corrected chi connectivity index (χ1v) is 18.9. The van der Waals surface area contributed by atoms with Crippen LogP contribution >= 0.6 is 0 Å². The van der Waals surface area contributed by atoms with Crippen molar-refractivity contribution in [3.63, 3.8) is 0 Å². The molecule has 1 aliphatic heterocycles. The fraction of sp³-hybridized carbons (Fsp3) is 0.0566. The van der Waals surface area contributed by atoms with Crippen LogP contribution in [0, 0.1) is 0 Å². The van der Waals surface area contributed by atoms with Crippen LogP contribution in [0.5, 0.6) is 0 Å². The molecule has 254 valence electrons. The molecule has 0 N–H and O–H groups in total. The van der Waals surface area contributed by atoms with E-state index in [1.807, 2.05) is 0 Å². The number of hydrogen-bond acceptors (Lipinski definition) is 0. The van der Waals surface area contributed by atoms with Gasteiger partial charge < -0.3 is 4.57 Å². The molecule has 0 aliphatic carbocycles. The maximum Gasteiger partial charge on any atom is 0.0582 e. The summed E-state index contributed by atoms with van der Waals surface area (Å²) < 4.78 is 2.52. The second-order valence-electron chi connectivity index (χ2n) is 15.4. The molecule has 0 bridgehead atoms. The summed E-state index contributed by atoms with van der Waals surface area (Å²) in [4.78, 5) is 0. The molecule has 1 heteroatoms. The number of rotatable bonds is 4. The van der Waals surface area contributed by atoms with E-state index in [1.165, 1.54) is 105 Å². The summed E-state index contributed by atoms with van der Waals surface area (Å²) >= 11 is 0. The van der Waals surface area contributed by atoms with Crippen molar-refractivity contribution in [2.75, 3.05) is 0 Å². The van der Waals surface area contributed by atoms with Crippen molar-refractivity contribution in [2.24, 2.45) is 0 Å². The Kier molecular flexibility index (Phi) is 6.66. The number of para-hydroxylation sites is 1. The lowest BCUT2D eigenvalue weighted by atomic mass is 9.74. The van der Waals surface area contributed by atoms with E-state index in [2.05, 4.69) is 206 Å². The fourth-order valence-corrected chi connectivity index (χ4v) is 9.06. The normalized spacial score (nSPS) is 13.1. The quantitative estimate of drug-likeness (QED) is 0.174. The van der Waals surface area contributed by atoms with Crippen LogP contribution in [0.25, 0.3) is 93.5 Å². The minimum Gasteiger partial charge on any atom is -0.309 e. The fourth-order valence-electron chi connectivity index (χ4n) is 9.06. The molecule has 0 amide bonds. The molecular formula is C53H37N. The van der Waals surface area contributed by atoms with Crippen molar-refractivity contribution in [2.45, 2.75) is 19.3 Å². The molecule has 0 saturated carbocycles. The molecule has 0 fully saturated rings. The Morgan fingerprint density at radius 1 is 0.333 bits per heavy atom. The predicted octanol–water partition coefficient (Wildman–Crippen LogP) is 14.4. The van der Waals surface area contributed by atoms with Crippen molar-refractivity contribution in [1.82, 2.24) is 4.57 Å². The van der Waals surface area contributed by atoms with Crippen LogP contribution in [-0.2, 0) is 5.41 Å². The van der Waals surface area contributed by atoms with Crippen LogP contribution in [0.2, 0.25) is 0 Å². The Labute approximate surface area is 315 Å². The number of fused-ring (bicyclic) bond motifs is 7. The highest BCUT2D eigenvalue weighted by Gasteiger charge is 2.35. The lowest BCUT2D eigenvalue weighted by Crippen LogP contribution is -2.26. The largest absolute Gasteiger partial charge is 0.309 e. The van der Waals surface area contributed by atoms with Crippen molar-refractivity contribution in [3.05, 3.63) is 199 Å². The zero-order valence-corrected chi connectivity index (χ0v) is 30.3. The monoisotopic (exact) mass is 687 g/mol. The Bertz CT molecular complexity index is 3140. The molecule has 9 aromatic carbocycles. The van der Waals surface area contributed by atoms with Crippen LogP contribution < -0.4 is 0 Å². The summed E-state index contributed by atoms with van der Waals surface area (Å²) in [7, 11) is 0. The molecule has 0 saturated heterocycles. The maximum absolute atomic E-state index is 2.52. The third-order valence-corrected chi connectivity index (χ3v) is 11.9. The van der Waals surface area contributed by atoms with Gasteiger partial charge in [-0.15, -0.1) is 0 Å². The van der Waals surface area contributed by atoms with E-state index in [4.69, 9.17) is 0 Å². The Morgan fingerprint density at radius 3 is 1.44 bits per heavy atom. The van der Waals surface area contributed by atoms with Gasteiger partial charge >= 0.3 is 0 Å². The van der Waals surface area contributed by atoms with Crippen LogP contribution in [0.4, 0.5) is 0 Å². The van der Waals surface area contributed by atoms with Crippen LogP contribution in [0.3, 0.4) is 0 Å². The van der Waals surface area contributed by atoms with Gasteiger partial charge in [-0.2, -0.15) is 0 Å². The van der Waals surface area contributed by atoms with Crippen molar-refractivity contribution >= 4 is 43.4 Å². The number of aromatic nitrogens is 1. The summed E-state index contributed by atoms with van der Waals surface area (Å²) in [6.45, 7) is 4.78. The average molecular weight is 688 g/mol. The lowest BCUT2D eigenvalue weighted by Gasteiger charge is -2.35. The minimum absolute atomic E-state index is 0.178. The summed E-state index contributed by atoms with van der Waals surface area (Å²) in [5, 5.41) is 7.63. The first-order chi connectivity index (χ1) is 26.5. The van der Waals surface area contributed by atoms with Gasteiger partial charge in [0.2, 0.25) is 0 Å². The molecule has 1 nitrogen and oxygen atoms in total. The topological polar surface area (TPSA) is 4.93 Å². The molecule has 11 rings (SSSR count). The summed E-state index contributed by atoms with van der Waals surface area (Å²) in [6.07, 6.45) is 0. The smallest absolute Gasteiger partial charge is 0.0582 e. The second-order valence-corrected chi connectivity index (χ2v) is 15.4. The van der Waals surface area contributed by atoms with Gasteiger partial charge in [-0.05, 0) is 132 Å². The Morgan fingerprint density at radius 2 is 0.815 bits per heavy atom. The third kappa shape index (κ3) is 4.72. The summed E-state index contributed by atoms with van der Waals surface area (Å²) in [6, 6.07) is 69.8. The molecule has 0 atom stereocenters. The van der Waals surface area contributed by atoms with E-state index < -0.39 is 0 Å². The highest BCUT2D eigenvalue weighted by atomic mass is 15.0. The average Bonchev–Trinajstić information content (AvgIpc) is 3.56. The first-order valence-electron chi connectivity index (χ1n) is 18.9. The molecule has 1 aromatic heterocycles. The molecule has 0 radical (unpaired) electrons. The van der Waals surface area contributed by atoms with Gasteiger partial charge in [0.25, 0.3) is 0 Å². The Balaban J connectivity index is 1.11. The van der Waals surface area contributed by atoms with Gasteiger partial charge in [0.15, 0.2) is 0 Å². The summed E-state index contributed by atoms with van der Waals surface area (Å²) in [5.41, 5.74) is 16.2. The van der Waals surface area contributed by atoms with Crippen LogP contribution in [-0.4, -0.2) is 4.57 Å². The SMILES string of the molecule is CC1(C)c2ccccc2-n2c3ccc(-c4cccc(-c5ccc6ccccc6c5)c4)cc3c3cc(-c4cccc(-c5ccc6ccccc6c5)c4)cc1c32. The maximum atomic E-state index is 2.52. The highest BCUT2D eigenvalue weighted by Crippen LogP contribution is 2.49. The number of hydrogen-bond donors (Lipinski definition) is 0. The van der Waals surface area contributed by atoms with Crippen LogP contribution in [0.1, 0.15) is 25.0 Å². The van der Waals surface area contributed by atoms with E-state index in [-0.39, 0.29) is 5.41 Å².